The van der Waals surface area contributed by atoms with E-state index in [4.69, 9.17) is 0 Å². The highest BCUT2D eigenvalue weighted by molar-refractivity contribution is 6.24. The van der Waals surface area contributed by atoms with Crippen LogP contribution in [-0.2, 0) is 0 Å². The number of quaternary nitrogens is 1. The molecule has 0 fully saturated rings. The number of benzene rings is 2. The lowest BCUT2D eigenvalue weighted by Gasteiger charge is -2.18. The predicted molar refractivity (Wildman–Crippen MR) is 77.9 cm³/mol. The average molecular weight is 255 g/mol. The molecule has 1 amide bonds. The van der Waals surface area contributed by atoms with Gasteiger partial charge in [-0.1, -0.05) is 24.3 Å². The molecule has 0 atom stereocenters. The van der Waals surface area contributed by atoms with E-state index in [0.29, 0.717) is 0 Å². The van der Waals surface area contributed by atoms with Crippen LogP contribution in [0.2, 0.25) is 0 Å². The van der Waals surface area contributed by atoms with Gasteiger partial charge in [-0.15, -0.1) is 0 Å². The Labute approximate surface area is 113 Å². The number of carbonyl (C=O) groups is 1. The zero-order chi connectivity index (χ0) is 13.4. The zero-order valence-corrected chi connectivity index (χ0v) is 11.4. The molecule has 2 aromatic carbocycles. The van der Waals surface area contributed by atoms with Crippen molar-refractivity contribution in [3.05, 3.63) is 42.0 Å². The highest BCUT2D eigenvalue weighted by atomic mass is 16.2. The third-order valence-corrected chi connectivity index (χ3v) is 3.71. The van der Waals surface area contributed by atoms with Crippen LogP contribution in [0.3, 0.4) is 0 Å². The van der Waals surface area contributed by atoms with Gasteiger partial charge in [0.1, 0.15) is 0 Å². The van der Waals surface area contributed by atoms with E-state index < -0.39 is 0 Å². The minimum atomic E-state index is 0.153. The Hall–Kier alpha value is -1.87. The molecule has 1 aliphatic rings. The third-order valence-electron chi connectivity index (χ3n) is 3.71. The number of nitrogens with zero attached hydrogens (tertiary/aromatic N) is 1. The molecule has 3 heteroatoms. The van der Waals surface area contributed by atoms with Crippen LogP contribution in [0, 0.1) is 0 Å². The fourth-order valence-electron chi connectivity index (χ4n) is 2.79. The molecule has 2 aromatic rings. The maximum absolute atomic E-state index is 12.5. The molecule has 1 heterocycles. The fourth-order valence-corrected chi connectivity index (χ4v) is 2.79. The zero-order valence-electron chi connectivity index (χ0n) is 11.4. The highest BCUT2D eigenvalue weighted by Crippen LogP contribution is 2.36. The molecule has 3 rings (SSSR count). The fraction of sp³-hybridized carbons (Fsp3) is 0.312. The van der Waals surface area contributed by atoms with Crippen molar-refractivity contribution in [1.29, 1.82) is 0 Å². The first-order chi connectivity index (χ1) is 9.18. The second kappa shape index (κ2) is 4.67. The van der Waals surface area contributed by atoms with E-state index in [1.165, 1.54) is 4.90 Å². The summed E-state index contributed by atoms with van der Waals surface area (Å²) < 4.78 is 0. The Morgan fingerprint density at radius 2 is 1.84 bits per heavy atom. The average Bonchev–Trinajstić information content (AvgIpc) is 2.67. The van der Waals surface area contributed by atoms with Gasteiger partial charge >= 0.3 is 0 Å². The monoisotopic (exact) mass is 255 g/mol. The second-order valence-corrected chi connectivity index (χ2v) is 5.45. The molecule has 0 aromatic heterocycles. The minimum Gasteiger partial charge on any atom is -0.340 e. The van der Waals surface area contributed by atoms with Gasteiger partial charge in [0.15, 0.2) is 0 Å². The van der Waals surface area contributed by atoms with Gasteiger partial charge in [0.25, 0.3) is 5.91 Å². The standard InChI is InChI=1S/C16H18N2O/c1-17(2)10-5-11-18-14-9-4-7-12-6-3-8-13(15(12)14)16(18)19/h3-4,6-9H,5,10-11H2,1-2H3/p+1. The number of hydrogen-bond donors (Lipinski definition) is 1. The van der Waals surface area contributed by atoms with Crippen LogP contribution in [0.15, 0.2) is 36.4 Å². The van der Waals surface area contributed by atoms with Crippen molar-refractivity contribution in [2.24, 2.45) is 0 Å². The van der Waals surface area contributed by atoms with Crippen LogP contribution in [-0.4, -0.2) is 33.1 Å². The van der Waals surface area contributed by atoms with Gasteiger partial charge in [-0.05, 0) is 17.5 Å². The van der Waals surface area contributed by atoms with Crippen LogP contribution < -0.4 is 9.80 Å². The van der Waals surface area contributed by atoms with Crippen molar-refractivity contribution in [2.45, 2.75) is 6.42 Å². The number of rotatable bonds is 4. The van der Waals surface area contributed by atoms with Crippen molar-refractivity contribution in [3.8, 4) is 0 Å². The Kier molecular flexibility index (Phi) is 2.99. The van der Waals surface area contributed by atoms with E-state index in [1.807, 2.05) is 23.1 Å². The number of amides is 1. The summed E-state index contributed by atoms with van der Waals surface area (Å²) in [5.74, 6) is 0.153. The van der Waals surface area contributed by atoms with Crippen LogP contribution in [0.4, 0.5) is 5.69 Å². The van der Waals surface area contributed by atoms with Crippen molar-refractivity contribution >= 4 is 22.4 Å². The Morgan fingerprint density at radius 1 is 1.11 bits per heavy atom. The Balaban J connectivity index is 1.94. The lowest BCUT2D eigenvalue weighted by Crippen LogP contribution is -3.05. The summed E-state index contributed by atoms with van der Waals surface area (Å²) in [6, 6.07) is 12.1. The molecule has 98 valence electrons. The van der Waals surface area contributed by atoms with Gasteiger partial charge in [-0.25, -0.2) is 0 Å². The molecular weight excluding hydrogens is 236 g/mol. The lowest BCUT2D eigenvalue weighted by molar-refractivity contribution is -0.858. The van der Waals surface area contributed by atoms with Crippen molar-refractivity contribution in [3.63, 3.8) is 0 Å². The number of anilines is 1. The molecule has 0 bridgehead atoms. The summed E-state index contributed by atoms with van der Waals surface area (Å²) in [4.78, 5) is 15.8. The number of carbonyl (C=O) groups excluding carboxylic acids is 1. The van der Waals surface area contributed by atoms with Crippen LogP contribution in [0.5, 0.6) is 0 Å². The third kappa shape index (κ3) is 2.00. The van der Waals surface area contributed by atoms with Crippen LogP contribution in [0.1, 0.15) is 16.8 Å². The van der Waals surface area contributed by atoms with Crippen LogP contribution in [0.25, 0.3) is 10.8 Å². The SMILES string of the molecule is C[NH+](C)CCCN1C(=O)c2cccc3cccc1c23. The molecule has 1 aliphatic heterocycles. The molecule has 0 saturated carbocycles. The molecule has 0 unspecified atom stereocenters. The molecule has 0 radical (unpaired) electrons. The van der Waals surface area contributed by atoms with Crippen LogP contribution >= 0.6 is 0 Å². The van der Waals surface area contributed by atoms with E-state index in [1.54, 1.807) is 0 Å². The summed E-state index contributed by atoms with van der Waals surface area (Å²) in [7, 11) is 4.28. The van der Waals surface area contributed by atoms with Crippen molar-refractivity contribution in [1.82, 2.24) is 0 Å². The molecule has 1 N–H and O–H groups in total. The van der Waals surface area contributed by atoms with E-state index in [2.05, 4.69) is 32.3 Å². The highest BCUT2D eigenvalue weighted by Gasteiger charge is 2.28. The quantitative estimate of drug-likeness (QED) is 0.876. The normalized spacial score (nSPS) is 13.8. The Bertz CT molecular complexity index is 628. The van der Waals surface area contributed by atoms with E-state index >= 15 is 0 Å². The van der Waals surface area contributed by atoms with Gasteiger partial charge in [0.05, 0.1) is 26.3 Å². The summed E-state index contributed by atoms with van der Waals surface area (Å²) >= 11 is 0. The van der Waals surface area contributed by atoms with Crippen molar-refractivity contribution < 1.29 is 9.69 Å². The first kappa shape index (κ1) is 12.2. The van der Waals surface area contributed by atoms with Gasteiger partial charge in [0.2, 0.25) is 0 Å². The molecule has 0 spiro atoms. The maximum Gasteiger partial charge on any atom is 0.259 e. The molecule has 3 nitrogen and oxygen atoms in total. The number of hydrogen-bond acceptors (Lipinski definition) is 1. The molecule has 0 aliphatic carbocycles. The lowest BCUT2D eigenvalue weighted by atomic mass is 10.1. The van der Waals surface area contributed by atoms with E-state index in [-0.39, 0.29) is 5.91 Å². The van der Waals surface area contributed by atoms with E-state index in [9.17, 15) is 4.79 Å². The van der Waals surface area contributed by atoms with Crippen molar-refractivity contribution in [2.75, 3.05) is 32.1 Å². The van der Waals surface area contributed by atoms with Gasteiger partial charge in [0, 0.05) is 23.9 Å². The molecule has 0 saturated heterocycles. The maximum atomic E-state index is 12.5. The first-order valence-electron chi connectivity index (χ1n) is 6.81. The Morgan fingerprint density at radius 3 is 2.58 bits per heavy atom. The second-order valence-electron chi connectivity index (χ2n) is 5.45. The molecule has 19 heavy (non-hydrogen) atoms. The minimum absolute atomic E-state index is 0.153. The number of nitrogens with one attached hydrogen (secondary N) is 1. The topological polar surface area (TPSA) is 24.8 Å². The summed E-state index contributed by atoms with van der Waals surface area (Å²) in [5.41, 5.74) is 1.93. The predicted octanol–water partition coefficient (Wildman–Crippen LogP) is 1.33. The smallest absolute Gasteiger partial charge is 0.259 e. The van der Waals surface area contributed by atoms with Gasteiger partial charge in [-0.3, -0.25) is 4.79 Å². The van der Waals surface area contributed by atoms with Gasteiger partial charge in [-0.2, -0.15) is 0 Å². The summed E-state index contributed by atoms with van der Waals surface area (Å²) in [5, 5.41) is 2.27. The largest absolute Gasteiger partial charge is 0.340 e. The van der Waals surface area contributed by atoms with E-state index in [0.717, 1.165) is 41.5 Å². The summed E-state index contributed by atoms with van der Waals surface area (Å²) in [6.07, 6.45) is 1.03. The summed E-state index contributed by atoms with van der Waals surface area (Å²) in [6.45, 7) is 1.88. The van der Waals surface area contributed by atoms with Gasteiger partial charge < -0.3 is 9.80 Å². The molecular formula is C16H19N2O+. The first-order valence-corrected chi connectivity index (χ1v) is 6.81.